The highest BCUT2D eigenvalue weighted by molar-refractivity contribution is 5.89. The highest BCUT2D eigenvalue weighted by Crippen LogP contribution is 2.47. The van der Waals surface area contributed by atoms with Crippen molar-refractivity contribution in [3.63, 3.8) is 0 Å². The molecule has 0 saturated carbocycles. The Bertz CT molecular complexity index is 2840. The van der Waals surface area contributed by atoms with Crippen molar-refractivity contribution >= 4 is 51.2 Å². The number of aryl methyl sites for hydroxylation is 2. The summed E-state index contributed by atoms with van der Waals surface area (Å²) < 4.78 is 0. The number of fused-ring (bicyclic) bond motifs is 6. The van der Waals surface area contributed by atoms with Crippen molar-refractivity contribution in [2.75, 3.05) is 14.7 Å². The van der Waals surface area contributed by atoms with Crippen molar-refractivity contribution in [3.8, 4) is 22.3 Å². The van der Waals surface area contributed by atoms with Gasteiger partial charge in [0.2, 0.25) is 0 Å². The molecule has 0 bridgehead atoms. The molecule has 3 heteroatoms. The number of hydrogen-bond acceptors (Lipinski definition) is 3. The smallest absolute Gasteiger partial charge is 0.0464 e. The third-order valence-corrected chi connectivity index (χ3v) is 12.4. The molecule has 9 aromatic carbocycles. The minimum atomic E-state index is 0.885. The molecule has 0 heterocycles. The summed E-state index contributed by atoms with van der Waals surface area (Å²) in [5.74, 6) is 0. The van der Waals surface area contributed by atoms with Crippen LogP contribution >= 0.6 is 0 Å². The second-order valence-electron chi connectivity index (χ2n) is 16.4. The molecule has 0 fully saturated rings. The molecule has 0 amide bonds. The van der Waals surface area contributed by atoms with Crippen LogP contribution in [0.4, 0.5) is 51.2 Å². The minimum absolute atomic E-state index is 0.885. The van der Waals surface area contributed by atoms with Crippen LogP contribution in [0, 0.1) is 13.8 Å². The van der Waals surface area contributed by atoms with Crippen LogP contribution in [0.5, 0.6) is 0 Å². The minimum Gasteiger partial charge on any atom is -0.310 e. The zero-order chi connectivity index (χ0) is 40.9. The molecular weight excluding hydrogens is 739 g/mol. The molecule has 0 unspecified atom stereocenters. The van der Waals surface area contributed by atoms with E-state index in [-0.39, 0.29) is 0 Å². The predicted octanol–water partition coefficient (Wildman–Crippen LogP) is 15.9. The van der Waals surface area contributed by atoms with Crippen LogP contribution < -0.4 is 14.7 Å². The molecule has 292 valence electrons. The van der Waals surface area contributed by atoms with Crippen molar-refractivity contribution in [2.45, 2.75) is 26.7 Å². The van der Waals surface area contributed by atoms with E-state index in [9.17, 15) is 0 Å². The van der Waals surface area contributed by atoms with Crippen LogP contribution in [-0.2, 0) is 12.8 Å². The molecule has 9 aromatic rings. The maximum Gasteiger partial charge on any atom is 0.0464 e. The molecule has 0 N–H and O–H groups in total. The second kappa shape index (κ2) is 15.2. The summed E-state index contributed by atoms with van der Waals surface area (Å²) in [4.78, 5) is 7.15. The Hall–Kier alpha value is -7.62. The molecule has 61 heavy (non-hydrogen) atoms. The lowest BCUT2D eigenvalue weighted by Crippen LogP contribution is -2.10. The van der Waals surface area contributed by atoms with Crippen molar-refractivity contribution < 1.29 is 0 Å². The molecule has 0 aliphatic heterocycles. The Kier molecular flexibility index (Phi) is 9.08. The van der Waals surface area contributed by atoms with Gasteiger partial charge in [0, 0.05) is 51.2 Å². The molecule has 2 aliphatic rings. The fourth-order valence-electron chi connectivity index (χ4n) is 9.38. The molecule has 0 aromatic heterocycles. The van der Waals surface area contributed by atoms with E-state index in [2.05, 4.69) is 241 Å². The fraction of sp³-hybridized carbons (Fsp3) is 0.0690. The van der Waals surface area contributed by atoms with E-state index in [1.165, 1.54) is 67.0 Å². The van der Waals surface area contributed by atoms with Gasteiger partial charge in [0.1, 0.15) is 0 Å². The maximum atomic E-state index is 2.42. The van der Waals surface area contributed by atoms with E-state index in [0.29, 0.717) is 0 Å². The third-order valence-electron chi connectivity index (χ3n) is 12.4. The van der Waals surface area contributed by atoms with Crippen LogP contribution in [0.25, 0.3) is 22.3 Å². The second-order valence-corrected chi connectivity index (χ2v) is 16.4. The Morgan fingerprint density at radius 1 is 0.246 bits per heavy atom. The molecule has 0 radical (unpaired) electrons. The average molecular weight is 784 g/mol. The first-order chi connectivity index (χ1) is 30.0. The van der Waals surface area contributed by atoms with E-state index >= 15 is 0 Å². The average Bonchev–Trinajstić information content (AvgIpc) is 3.86. The normalized spacial score (nSPS) is 12.0. The molecule has 0 saturated heterocycles. The number of benzene rings is 9. The molecule has 0 atom stereocenters. The first kappa shape index (κ1) is 36.5. The largest absolute Gasteiger partial charge is 0.310 e. The molecular formula is C58H45N3. The quantitative estimate of drug-likeness (QED) is 0.144. The predicted molar refractivity (Wildman–Crippen MR) is 256 cm³/mol. The van der Waals surface area contributed by atoms with Crippen molar-refractivity contribution in [3.05, 3.63) is 246 Å². The highest BCUT2D eigenvalue weighted by Gasteiger charge is 2.26. The summed E-state index contributed by atoms with van der Waals surface area (Å²) in [6, 6.07) is 77.9. The van der Waals surface area contributed by atoms with Gasteiger partial charge in [0.25, 0.3) is 0 Å². The third kappa shape index (κ3) is 6.75. The van der Waals surface area contributed by atoms with Crippen molar-refractivity contribution in [2.24, 2.45) is 0 Å². The lowest BCUT2D eigenvalue weighted by atomic mass is 10.0. The summed E-state index contributed by atoms with van der Waals surface area (Å²) >= 11 is 0. The number of hydrogen-bond donors (Lipinski definition) is 0. The van der Waals surface area contributed by atoms with Gasteiger partial charge in [-0.1, -0.05) is 114 Å². The van der Waals surface area contributed by atoms with Gasteiger partial charge in [-0.05, 0) is 180 Å². The molecule has 0 spiro atoms. The van der Waals surface area contributed by atoms with Gasteiger partial charge in [-0.25, -0.2) is 0 Å². The Morgan fingerprint density at radius 2 is 0.475 bits per heavy atom. The van der Waals surface area contributed by atoms with Gasteiger partial charge in [-0.15, -0.1) is 0 Å². The topological polar surface area (TPSA) is 9.72 Å². The van der Waals surface area contributed by atoms with E-state index in [1.807, 2.05) is 0 Å². The zero-order valence-corrected chi connectivity index (χ0v) is 34.5. The van der Waals surface area contributed by atoms with E-state index in [0.717, 1.165) is 52.7 Å². The highest BCUT2D eigenvalue weighted by atomic mass is 15.2. The summed E-state index contributed by atoms with van der Waals surface area (Å²) in [6.07, 6.45) is 1.77. The standard InChI is InChI=1S/C58H45N3/c1-40-18-22-49(23-19-40)59(46-12-6-3-7-13-46)51-26-30-55-42(36-51)34-44-38-53(28-32-57(44)55)61(48-16-10-5-11-17-48)54-29-33-58-45(39-54)35-43-37-52(27-31-56(43)58)60(47-14-8-4-9-15-47)50-24-20-41(2)21-25-50/h3-33,36-39H,34-35H2,1-2H3. The van der Waals surface area contributed by atoms with Crippen molar-refractivity contribution in [1.29, 1.82) is 0 Å². The van der Waals surface area contributed by atoms with Gasteiger partial charge in [0.05, 0.1) is 0 Å². The van der Waals surface area contributed by atoms with Gasteiger partial charge >= 0.3 is 0 Å². The SMILES string of the molecule is Cc1ccc(N(c2ccccc2)c2ccc3c(c2)Cc2cc(N(c4ccccc4)c4ccc5c(c4)Cc4cc(N(c6ccccc6)c6ccc(C)cc6)ccc4-5)ccc2-3)cc1. The molecule has 11 rings (SSSR count). The number of rotatable bonds is 9. The monoisotopic (exact) mass is 783 g/mol. The lowest BCUT2D eigenvalue weighted by Gasteiger charge is -2.26. The van der Waals surface area contributed by atoms with Gasteiger partial charge in [-0.2, -0.15) is 0 Å². The number of anilines is 9. The summed E-state index contributed by atoms with van der Waals surface area (Å²) in [7, 11) is 0. The van der Waals surface area contributed by atoms with Crippen LogP contribution in [0.3, 0.4) is 0 Å². The summed E-state index contributed by atoms with van der Waals surface area (Å²) in [5.41, 5.74) is 23.6. The van der Waals surface area contributed by atoms with Gasteiger partial charge in [0.15, 0.2) is 0 Å². The fourth-order valence-corrected chi connectivity index (χ4v) is 9.38. The van der Waals surface area contributed by atoms with Gasteiger partial charge < -0.3 is 14.7 Å². The Balaban J connectivity index is 0.920. The van der Waals surface area contributed by atoms with E-state index in [1.54, 1.807) is 0 Å². The first-order valence-corrected chi connectivity index (χ1v) is 21.3. The molecule has 3 nitrogen and oxygen atoms in total. The van der Waals surface area contributed by atoms with Crippen LogP contribution in [0.2, 0.25) is 0 Å². The Morgan fingerprint density at radius 3 is 0.754 bits per heavy atom. The zero-order valence-electron chi connectivity index (χ0n) is 34.5. The molecule has 2 aliphatic carbocycles. The summed E-state index contributed by atoms with van der Waals surface area (Å²) in [6.45, 7) is 4.28. The first-order valence-electron chi connectivity index (χ1n) is 21.3. The lowest BCUT2D eigenvalue weighted by molar-refractivity contribution is 1.21. The van der Waals surface area contributed by atoms with Crippen LogP contribution in [-0.4, -0.2) is 0 Å². The summed E-state index contributed by atoms with van der Waals surface area (Å²) in [5, 5.41) is 0. The van der Waals surface area contributed by atoms with Crippen LogP contribution in [0.15, 0.2) is 212 Å². The van der Waals surface area contributed by atoms with Crippen LogP contribution in [0.1, 0.15) is 33.4 Å². The number of nitrogens with zero attached hydrogens (tertiary/aromatic N) is 3. The maximum absolute atomic E-state index is 2.42. The van der Waals surface area contributed by atoms with Crippen molar-refractivity contribution in [1.82, 2.24) is 0 Å². The Labute approximate surface area is 359 Å². The van der Waals surface area contributed by atoms with Gasteiger partial charge in [-0.3, -0.25) is 0 Å². The van der Waals surface area contributed by atoms with E-state index < -0.39 is 0 Å². The van der Waals surface area contributed by atoms with E-state index in [4.69, 9.17) is 0 Å². The number of para-hydroxylation sites is 3.